The number of fused-ring (bicyclic) bond motifs is 1. The van der Waals surface area contributed by atoms with Gasteiger partial charge in [0, 0.05) is 17.4 Å². The Morgan fingerprint density at radius 3 is 2.94 bits per heavy atom. The Morgan fingerprint density at radius 1 is 1.39 bits per heavy atom. The van der Waals surface area contributed by atoms with Gasteiger partial charge in [0.05, 0.1) is 10.9 Å². The molecule has 2 N–H and O–H groups in total. The molecule has 0 saturated heterocycles. The minimum atomic E-state index is -0.321. The van der Waals surface area contributed by atoms with E-state index in [1.807, 2.05) is 24.3 Å². The molecule has 1 aromatic rings. The Bertz CT molecular complexity index is 500. The molecule has 94 valence electrons. The number of amides is 2. The molecule has 18 heavy (non-hydrogen) atoms. The standard InChI is InChI=1S/C13H14N2O2S/c16-12(14-8-5-6-8)7-11-13(17)15-9-3-1-2-4-10(9)18-11/h1-4,8,11H,5-7H2,(H,14,16)(H,15,17). The molecule has 0 spiro atoms. The molecule has 1 fully saturated rings. The maximum Gasteiger partial charge on any atom is 0.238 e. The van der Waals surface area contributed by atoms with Crippen molar-refractivity contribution in [1.29, 1.82) is 0 Å². The molecule has 1 aromatic carbocycles. The lowest BCUT2D eigenvalue weighted by molar-refractivity contribution is -0.124. The second kappa shape index (κ2) is 4.65. The first-order valence-corrected chi connectivity index (χ1v) is 6.96. The summed E-state index contributed by atoms with van der Waals surface area (Å²) < 4.78 is 0. The zero-order chi connectivity index (χ0) is 12.5. The Morgan fingerprint density at radius 2 is 2.17 bits per heavy atom. The van der Waals surface area contributed by atoms with Crippen LogP contribution in [0.4, 0.5) is 5.69 Å². The van der Waals surface area contributed by atoms with Gasteiger partial charge in [-0.2, -0.15) is 0 Å². The average molecular weight is 262 g/mol. The Balaban J connectivity index is 1.66. The molecule has 5 heteroatoms. The van der Waals surface area contributed by atoms with Crippen LogP contribution in [0.5, 0.6) is 0 Å². The van der Waals surface area contributed by atoms with Crippen molar-refractivity contribution in [2.24, 2.45) is 0 Å². The third-order valence-corrected chi connectivity index (χ3v) is 4.30. The highest BCUT2D eigenvalue weighted by molar-refractivity contribution is 8.01. The van der Waals surface area contributed by atoms with Gasteiger partial charge in [0.1, 0.15) is 0 Å². The first-order valence-electron chi connectivity index (χ1n) is 6.08. The average Bonchev–Trinajstić information content (AvgIpc) is 3.14. The summed E-state index contributed by atoms with van der Waals surface area (Å²) in [6.45, 7) is 0. The van der Waals surface area contributed by atoms with Crippen molar-refractivity contribution in [3.05, 3.63) is 24.3 Å². The summed E-state index contributed by atoms with van der Waals surface area (Å²) in [7, 11) is 0. The van der Waals surface area contributed by atoms with E-state index in [2.05, 4.69) is 10.6 Å². The summed E-state index contributed by atoms with van der Waals surface area (Å²) in [4.78, 5) is 24.6. The molecule has 4 nitrogen and oxygen atoms in total. The van der Waals surface area contributed by atoms with Gasteiger partial charge in [0.15, 0.2) is 0 Å². The van der Waals surface area contributed by atoms with E-state index in [1.54, 1.807) is 0 Å². The van der Waals surface area contributed by atoms with Gasteiger partial charge < -0.3 is 10.6 Å². The second-order valence-electron chi connectivity index (χ2n) is 4.64. The van der Waals surface area contributed by atoms with Crippen molar-refractivity contribution in [1.82, 2.24) is 5.32 Å². The van der Waals surface area contributed by atoms with Crippen molar-refractivity contribution in [2.45, 2.75) is 35.4 Å². The SMILES string of the molecule is O=C(CC1Sc2ccccc2NC1=O)NC1CC1. The third-order valence-electron chi connectivity index (χ3n) is 3.02. The van der Waals surface area contributed by atoms with Crippen molar-refractivity contribution < 1.29 is 9.59 Å². The number of para-hydroxylation sites is 1. The van der Waals surface area contributed by atoms with Crippen LogP contribution < -0.4 is 10.6 Å². The normalized spacial score (nSPS) is 22.0. The molecule has 0 radical (unpaired) electrons. The minimum absolute atomic E-state index is 0.0236. The van der Waals surface area contributed by atoms with Crippen LogP contribution in [0.1, 0.15) is 19.3 Å². The van der Waals surface area contributed by atoms with Crippen LogP contribution in [-0.4, -0.2) is 23.1 Å². The Kier molecular flexibility index (Phi) is 2.99. The second-order valence-corrected chi connectivity index (χ2v) is 5.88. The van der Waals surface area contributed by atoms with Crippen molar-refractivity contribution in [3.63, 3.8) is 0 Å². The Labute approximate surface area is 110 Å². The molecule has 1 unspecified atom stereocenters. The van der Waals surface area contributed by atoms with Crippen molar-refractivity contribution >= 4 is 29.3 Å². The van der Waals surface area contributed by atoms with E-state index in [0.717, 1.165) is 23.4 Å². The number of carbonyl (C=O) groups is 2. The molecular weight excluding hydrogens is 248 g/mol. The lowest BCUT2D eigenvalue weighted by Crippen LogP contribution is -2.35. The monoisotopic (exact) mass is 262 g/mol. The van der Waals surface area contributed by atoms with Gasteiger partial charge in [-0.1, -0.05) is 12.1 Å². The highest BCUT2D eigenvalue weighted by Gasteiger charge is 2.30. The van der Waals surface area contributed by atoms with Gasteiger partial charge >= 0.3 is 0 Å². The van der Waals surface area contributed by atoms with Crippen LogP contribution in [-0.2, 0) is 9.59 Å². The summed E-state index contributed by atoms with van der Waals surface area (Å²) in [6, 6.07) is 8.01. The predicted octanol–water partition coefficient (Wildman–Crippen LogP) is 1.77. The van der Waals surface area contributed by atoms with E-state index < -0.39 is 0 Å². The maximum absolute atomic E-state index is 11.9. The highest BCUT2D eigenvalue weighted by Crippen LogP contribution is 2.36. The molecule has 0 bridgehead atoms. The first-order chi connectivity index (χ1) is 8.72. The lowest BCUT2D eigenvalue weighted by atomic mass is 10.2. The smallest absolute Gasteiger partial charge is 0.238 e. The molecule has 2 amide bonds. The van der Waals surface area contributed by atoms with Crippen LogP contribution in [0.25, 0.3) is 0 Å². The zero-order valence-electron chi connectivity index (χ0n) is 9.81. The first kappa shape index (κ1) is 11.6. The molecule has 1 heterocycles. The Hall–Kier alpha value is -1.49. The van der Waals surface area contributed by atoms with Gasteiger partial charge in [-0.25, -0.2) is 0 Å². The molecule has 1 aliphatic carbocycles. The van der Waals surface area contributed by atoms with Crippen LogP contribution in [0.3, 0.4) is 0 Å². The summed E-state index contributed by atoms with van der Waals surface area (Å²) in [5.74, 6) is -0.103. The highest BCUT2D eigenvalue weighted by atomic mass is 32.2. The zero-order valence-corrected chi connectivity index (χ0v) is 10.6. The third kappa shape index (κ3) is 2.51. The molecule has 0 aromatic heterocycles. The van der Waals surface area contributed by atoms with Gasteiger partial charge in [-0.15, -0.1) is 11.8 Å². The maximum atomic E-state index is 11.9. The summed E-state index contributed by atoms with van der Waals surface area (Å²) >= 11 is 1.47. The van der Waals surface area contributed by atoms with E-state index in [4.69, 9.17) is 0 Å². The summed E-state index contributed by atoms with van der Waals surface area (Å²) in [6.07, 6.45) is 2.39. The van der Waals surface area contributed by atoms with Crippen LogP contribution >= 0.6 is 11.8 Å². The number of nitrogens with one attached hydrogen (secondary N) is 2. The number of anilines is 1. The minimum Gasteiger partial charge on any atom is -0.353 e. The number of thioether (sulfide) groups is 1. The van der Waals surface area contributed by atoms with E-state index in [0.29, 0.717) is 6.04 Å². The fraction of sp³-hybridized carbons (Fsp3) is 0.385. The van der Waals surface area contributed by atoms with E-state index in [-0.39, 0.29) is 23.5 Å². The molecule has 2 aliphatic rings. The van der Waals surface area contributed by atoms with Crippen molar-refractivity contribution in [3.8, 4) is 0 Å². The predicted molar refractivity (Wildman–Crippen MR) is 70.5 cm³/mol. The van der Waals surface area contributed by atoms with E-state index >= 15 is 0 Å². The topological polar surface area (TPSA) is 58.2 Å². The van der Waals surface area contributed by atoms with Gasteiger partial charge in [0.2, 0.25) is 11.8 Å². The van der Waals surface area contributed by atoms with Crippen LogP contribution in [0.15, 0.2) is 29.2 Å². The molecule has 1 atom stereocenters. The number of carbonyl (C=O) groups excluding carboxylic acids is 2. The van der Waals surface area contributed by atoms with Gasteiger partial charge in [-0.05, 0) is 25.0 Å². The fourth-order valence-electron chi connectivity index (χ4n) is 1.91. The summed E-state index contributed by atoms with van der Waals surface area (Å²) in [5, 5.41) is 5.44. The number of hydrogen-bond donors (Lipinski definition) is 2. The van der Waals surface area contributed by atoms with Gasteiger partial charge in [-0.3, -0.25) is 9.59 Å². The largest absolute Gasteiger partial charge is 0.353 e. The fourth-order valence-corrected chi connectivity index (χ4v) is 3.02. The molecular formula is C13H14N2O2S. The van der Waals surface area contributed by atoms with Crippen LogP contribution in [0.2, 0.25) is 0 Å². The van der Waals surface area contributed by atoms with Crippen LogP contribution in [0, 0.1) is 0 Å². The number of benzene rings is 1. The number of rotatable bonds is 3. The summed E-state index contributed by atoms with van der Waals surface area (Å²) in [5.41, 5.74) is 0.839. The molecule has 1 aliphatic heterocycles. The van der Waals surface area contributed by atoms with Crippen molar-refractivity contribution in [2.75, 3.05) is 5.32 Å². The van der Waals surface area contributed by atoms with Gasteiger partial charge in [0.25, 0.3) is 0 Å². The number of hydrogen-bond acceptors (Lipinski definition) is 3. The molecule has 3 rings (SSSR count). The lowest BCUT2D eigenvalue weighted by Gasteiger charge is -2.23. The molecule has 1 saturated carbocycles. The van der Waals surface area contributed by atoms with E-state index in [1.165, 1.54) is 11.8 Å². The quantitative estimate of drug-likeness (QED) is 0.872. The van der Waals surface area contributed by atoms with E-state index in [9.17, 15) is 9.59 Å².